The van der Waals surface area contributed by atoms with Crippen LogP contribution < -0.4 is 0 Å². The van der Waals surface area contributed by atoms with Gasteiger partial charge in [-0.15, -0.1) is 0 Å². The summed E-state index contributed by atoms with van der Waals surface area (Å²) in [6.07, 6.45) is -0.463. The van der Waals surface area contributed by atoms with Gasteiger partial charge in [0.15, 0.2) is 6.10 Å². The molecular formula is C14H19NO3. The van der Waals surface area contributed by atoms with Gasteiger partial charge in [-0.25, -0.2) is 4.79 Å². The summed E-state index contributed by atoms with van der Waals surface area (Å²) in [5.74, 6) is -0.292. The summed E-state index contributed by atoms with van der Waals surface area (Å²) in [4.78, 5) is 13.7. The van der Waals surface area contributed by atoms with Crippen molar-refractivity contribution in [2.75, 3.05) is 20.3 Å². The van der Waals surface area contributed by atoms with Gasteiger partial charge in [0, 0.05) is 19.1 Å². The average Bonchev–Trinajstić information content (AvgIpc) is 2.41. The van der Waals surface area contributed by atoms with Gasteiger partial charge in [0.05, 0.1) is 13.7 Å². The molecule has 2 rings (SSSR count). The van der Waals surface area contributed by atoms with Crippen molar-refractivity contribution in [3.05, 3.63) is 35.9 Å². The molecule has 0 saturated carbocycles. The molecule has 0 radical (unpaired) electrons. The van der Waals surface area contributed by atoms with E-state index in [0.29, 0.717) is 19.2 Å². The molecule has 98 valence electrons. The number of ether oxygens (including phenoxy) is 2. The van der Waals surface area contributed by atoms with E-state index < -0.39 is 6.10 Å². The van der Waals surface area contributed by atoms with Crippen LogP contribution >= 0.6 is 0 Å². The number of carbonyl (C=O) groups excluding carboxylic acids is 1. The number of hydrogen-bond donors (Lipinski definition) is 0. The van der Waals surface area contributed by atoms with Crippen LogP contribution in [0.5, 0.6) is 0 Å². The highest BCUT2D eigenvalue weighted by molar-refractivity contribution is 5.74. The molecule has 0 bridgehead atoms. The van der Waals surface area contributed by atoms with E-state index in [0.717, 1.165) is 6.54 Å². The zero-order valence-corrected chi connectivity index (χ0v) is 10.8. The number of esters is 1. The van der Waals surface area contributed by atoms with E-state index in [1.807, 2.05) is 18.2 Å². The normalized spacial score (nSPS) is 24.8. The first kappa shape index (κ1) is 13.1. The van der Waals surface area contributed by atoms with E-state index in [1.165, 1.54) is 12.7 Å². The number of benzene rings is 1. The summed E-state index contributed by atoms with van der Waals surface area (Å²) in [6, 6.07) is 10.6. The van der Waals surface area contributed by atoms with E-state index in [2.05, 4.69) is 24.0 Å². The molecule has 4 nitrogen and oxygen atoms in total. The standard InChI is InChI=1S/C14H19NO3/c1-11-10-18-13(14(16)17-2)9-15(11)8-12-6-4-3-5-7-12/h3-7,11,13H,8-10H2,1-2H3/t11-,13+/m1/s1. The van der Waals surface area contributed by atoms with Crippen molar-refractivity contribution in [3.63, 3.8) is 0 Å². The van der Waals surface area contributed by atoms with Crippen molar-refractivity contribution < 1.29 is 14.3 Å². The van der Waals surface area contributed by atoms with Gasteiger partial charge in [0.25, 0.3) is 0 Å². The number of hydrogen-bond acceptors (Lipinski definition) is 4. The molecule has 0 unspecified atom stereocenters. The van der Waals surface area contributed by atoms with Crippen molar-refractivity contribution in [1.29, 1.82) is 0 Å². The van der Waals surface area contributed by atoms with Gasteiger partial charge in [-0.05, 0) is 12.5 Å². The van der Waals surface area contributed by atoms with Gasteiger partial charge in [-0.2, -0.15) is 0 Å². The molecule has 0 N–H and O–H groups in total. The maximum atomic E-state index is 11.5. The molecule has 1 aromatic rings. The highest BCUT2D eigenvalue weighted by Gasteiger charge is 2.31. The van der Waals surface area contributed by atoms with Crippen LogP contribution in [0, 0.1) is 0 Å². The Kier molecular flexibility index (Phi) is 4.33. The Bertz CT molecular complexity index is 393. The lowest BCUT2D eigenvalue weighted by molar-refractivity contribution is -0.163. The van der Waals surface area contributed by atoms with Crippen molar-refractivity contribution >= 4 is 5.97 Å². The van der Waals surface area contributed by atoms with Crippen molar-refractivity contribution in [3.8, 4) is 0 Å². The molecular weight excluding hydrogens is 230 g/mol. The molecule has 0 aliphatic carbocycles. The Balaban J connectivity index is 2.00. The molecule has 1 saturated heterocycles. The predicted molar refractivity (Wildman–Crippen MR) is 68.1 cm³/mol. The van der Waals surface area contributed by atoms with Crippen LogP contribution in [0.3, 0.4) is 0 Å². The third-order valence-electron chi connectivity index (χ3n) is 3.25. The summed E-state index contributed by atoms with van der Waals surface area (Å²) in [5, 5.41) is 0. The number of rotatable bonds is 3. The van der Waals surface area contributed by atoms with E-state index in [9.17, 15) is 4.79 Å². The quantitative estimate of drug-likeness (QED) is 0.760. The number of nitrogens with zero attached hydrogens (tertiary/aromatic N) is 1. The predicted octanol–water partition coefficient (Wildman–Crippen LogP) is 1.45. The van der Waals surface area contributed by atoms with Crippen LogP contribution in [-0.2, 0) is 20.8 Å². The minimum atomic E-state index is -0.463. The van der Waals surface area contributed by atoms with Crippen LogP contribution in [-0.4, -0.2) is 43.3 Å². The molecule has 4 heteroatoms. The van der Waals surface area contributed by atoms with Crippen molar-refractivity contribution in [2.24, 2.45) is 0 Å². The average molecular weight is 249 g/mol. The summed E-state index contributed by atoms with van der Waals surface area (Å²) < 4.78 is 10.2. The molecule has 1 aromatic carbocycles. The Labute approximate surface area is 107 Å². The zero-order valence-electron chi connectivity index (χ0n) is 10.8. The first-order valence-electron chi connectivity index (χ1n) is 6.18. The van der Waals surface area contributed by atoms with Crippen LogP contribution in [0.1, 0.15) is 12.5 Å². The number of methoxy groups -OCH3 is 1. The van der Waals surface area contributed by atoms with Crippen LogP contribution in [0.4, 0.5) is 0 Å². The Hall–Kier alpha value is -1.39. The summed E-state index contributed by atoms with van der Waals surface area (Å²) >= 11 is 0. The highest BCUT2D eigenvalue weighted by Crippen LogP contribution is 2.16. The largest absolute Gasteiger partial charge is 0.467 e. The van der Waals surface area contributed by atoms with Gasteiger partial charge in [-0.3, -0.25) is 4.90 Å². The fourth-order valence-electron chi connectivity index (χ4n) is 2.12. The third kappa shape index (κ3) is 3.09. The molecule has 1 fully saturated rings. The van der Waals surface area contributed by atoms with E-state index in [-0.39, 0.29) is 5.97 Å². The maximum absolute atomic E-state index is 11.5. The SMILES string of the molecule is COC(=O)[C@@H]1CN(Cc2ccccc2)[C@H](C)CO1. The van der Waals surface area contributed by atoms with Gasteiger partial charge < -0.3 is 9.47 Å². The lowest BCUT2D eigenvalue weighted by Crippen LogP contribution is -2.50. The van der Waals surface area contributed by atoms with E-state index in [4.69, 9.17) is 9.47 Å². The number of morpholine rings is 1. The molecule has 1 aliphatic heterocycles. The molecule has 0 amide bonds. The molecule has 0 spiro atoms. The van der Waals surface area contributed by atoms with Crippen LogP contribution in [0.15, 0.2) is 30.3 Å². The first-order chi connectivity index (χ1) is 8.70. The fraction of sp³-hybridized carbons (Fsp3) is 0.500. The second-order valence-electron chi connectivity index (χ2n) is 4.61. The van der Waals surface area contributed by atoms with Crippen LogP contribution in [0.2, 0.25) is 0 Å². The lowest BCUT2D eigenvalue weighted by Gasteiger charge is -2.36. The molecule has 1 heterocycles. The summed E-state index contributed by atoms with van der Waals surface area (Å²) in [5.41, 5.74) is 1.25. The first-order valence-corrected chi connectivity index (χ1v) is 6.18. The third-order valence-corrected chi connectivity index (χ3v) is 3.25. The van der Waals surface area contributed by atoms with Crippen LogP contribution in [0.25, 0.3) is 0 Å². The molecule has 0 aromatic heterocycles. The summed E-state index contributed by atoms with van der Waals surface area (Å²) in [6.45, 7) is 4.09. The minimum Gasteiger partial charge on any atom is -0.467 e. The summed E-state index contributed by atoms with van der Waals surface area (Å²) in [7, 11) is 1.39. The monoisotopic (exact) mass is 249 g/mol. The Morgan fingerprint density at radius 3 is 2.83 bits per heavy atom. The number of carbonyl (C=O) groups is 1. The smallest absolute Gasteiger partial charge is 0.336 e. The van der Waals surface area contributed by atoms with Crippen molar-refractivity contribution in [1.82, 2.24) is 4.90 Å². The Morgan fingerprint density at radius 2 is 2.17 bits per heavy atom. The van der Waals surface area contributed by atoms with Crippen molar-refractivity contribution in [2.45, 2.75) is 25.6 Å². The van der Waals surface area contributed by atoms with E-state index >= 15 is 0 Å². The molecule has 2 atom stereocenters. The van der Waals surface area contributed by atoms with Gasteiger partial charge >= 0.3 is 5.97 Å². The highest BCUT2D eigenvalue weighted by atomic mass is 16.6. The van der Waals surface area contributed by atoms with E-state index in [1.54, 1.807) is 0 Å². The second kappa shape index (κ2) is 5.98. The van der Waals surface area contributed by atoms with Gasteiger partial charge in [0.1, 0.15) is 0 Å². The van der Waals surface area contributed by atoms with Gasteiger partial charge in [0.2, 0.25) is 0 Å². The maximum Gasteiger partial charge on any atom is 0.336 e. The lowest BCUT2D eigenvalue weighted by atomic mass is 10.1. The molecule has 1 aliphatic rings. The fourth-order valence-corrected chi connectivity index (χ4v) is 2.12. The second-order valence-corrected chi connectivity index (χ2v) is 4.61. The van der Waals surface area contributed by atoms with Gasteiger partial charge in [-0.1, -0.05) is 30.3 Å². The molecule has 18 heavy (non-hydrogen) atoms. The zero-order chi connectivity index (χ0) is 13.0. The minimum absolute atomic E-state index is 0.292. The Morgan fingerprint density at radius 1 is 1.44 bits per heavy atom. The topological polar surface area (TPSA) is 38.8 Å².